The van der Waals surface area contributed by atoms with Crippen molar-refractivity contribution in [1.29, 1.82) is 0 Å². The van der Waals surface area contributed by atoms with Crippen LogP contribution < -0.4 is 19.7 Å². The number of carbonyl (C=O) groups excluding carboxylic acids is 2. The predicted molar refractivity (Wildman–Crippen MR) is 124 cm³/mol. The van der Waals surface area contributed by atoms with Gasteiger partial charge in [-0.05, 0) is 54.0 Å². The number of methoxy groups -OCH3 is 2. The van der Waals surface area contributed by atoms with Crippen LogP contribution >= 0.6 is 28.1 Å². The summed E-state index contributed by atoms with van der Waals surface area (Å²) in [4.78, 5) is 27.1. The minimum absolute atomic E-state index is 0.0400. The van der Waals surface area contributed by atoms with Crippen LogP contribution in [0.5, 0.6) is 11.5 Å². The maximum atomic E-state index is 13.2. The SMILES string of the molecule is COc1cc(Br)cc(/C=C2\C(=O)NC(=S)N(c3ccc(C(C)C)cc3)C2=O)c1OC. The Hall–Kier alpha value is -2.71. The highest BCUT2D eigenvalue weighted by Crippen LogP contribution is 2.36. The zero-order valence-electron chi connectivity index (χ0n) is 17.0. The molecule has 6 nitrogen and oxygen atoms in total. The third kappa shape index (κ3) is 4.24. The van der Waals surface area contributed by atoms with Crippen LogP contribution in [0.3, 0.4) is 0 Å². The number of thiocarbonyl (C=S) groups is 1. The molecule has 0 spiro atoms. The normalized spacial score (nSPS) is 15.6. The number of ether oxygens (including phenoxy) is 2. The Labute approximate surface area is 189 Å². The topological polar surface area (TPSA) is 67.9 Å². The van der Waals surface area contributed by atoms with Crippen LogP contribution in [0.2, 0.25) is 0 Å². The number of halogens is 1. The minimum atomic E-state index is -0.568. The molecule has 0 atom stereocenters. The molecule has 1 fully saturated rings. The summed E-state index contributed by atoms with van der Waals surface area (Å²) in [6, 6.07) is 11.0. The van der Waals surface area contributed by atoms with Gasteiger partial charge in [-0.2, -0.15) is 0 Å². The van der Waals surface area contributed by atoms with Gasteiger partial charge in [0.2, 0.25) is 0 Å². The quantitative estimate of drug-likeness (QED) is 0.383. The van der Waals surface area contributed by atoms with E-state index in [-0.39, 0.29) is 10.7 Å². The highest BCUT2D eigenvalue weighted by Gasteiger charge is 2.34. The van der Waals surface area contributed by atoms with Crippen molar-refractivity contribution >= 4 is 56.8 Å². The summed E-state index contributed by atoms with van der Waals surface area (Å²) in [5, 5.41) is 2.63. The van der Waals surface area contributed by atoms with E-state index in [0.29, 0.717) is 33.1 Å². The van der Waals surface area contributed by atoms with E-state index in [0.717, 1.165) is 5.56 Å². The third-order valence-corrected chi connectivity index (χ3v) is 5.43. The molecule has 3 rings (SSSR count). The molecule has 0 unspecified atom stereocenters. The van der Waals surface area contributed by atoms with Crippen molar-refractivity contribution in [3.8, 4) is 11.5 Å². The van der Waals surface area contributed by atoms with Crippen LogP contribution in [0, 0.1) is 0 Å². The number of nitrogens with zero attached hydrogens (tertiary/aromatic N) is 1. The Kier molecular flexibility index (Phi) is 6.58. The number of hydrogen-bond acceptors (Lipinski definition) is 5. The number of carbonyl (C=O) groups is 2. The van der Waals surface area contributed by atoms with Crippen LogP contribution in [0.15, 0.2) is 46.4 Å². The predicted octanol–water partition coefficient (Wildman–Crippen LogP) is 4.42. The van der Waals surface area contributed by atoms with E-state index in [9.17, 15) is 9.59 Å². The van der Waals surface area contributed by atoms with E-state index in [1.54, 1.807) is 12.1 Å². The number of amides is 2. The summed E-state index contributed by atoms with van der Waals surface area (Å²) in [5.41, 5.74) is 2.18. The van der Waals surface area contributed by atoms with Crippen LogP contribution in [0.1, 0.15) is 30.9 Å². The van der Waals surface area contributed by atoms with Crippen molar-refractivity contribution in [3.05, 3.63) is 57.6 Å². The fourth-order valence-electron chi connectivity index (χ4n) is 3.12. The van der Waals surface area contributed by atoms with Crippen LogP contribution in [-0.2, 0) is 9.59 Å². The first kappa shape index (κ1) is 22.0. The summed E-state index contributed by atoms with van der Waals surface area (Å²) in [6.07, 6.45) is 1.47. The Bertz CT molecular complexity index is 1050. The number of benzene rings is 2. The number of nitrogens with one attached hydrogen (secondary N) is 1. The van der Waals surface area contributed by atoms with Crippen molar-refractivity contribution in [3.63, 3.8) is 0 Å². The highest BCUT2D eigenvalue weighted by atomic mass is 79.9. The average Bonchev–Trinajstić information content (AvgIpc) is 2.70. The first-order valence-corrected chi connectivity index (χ1v) is 10.4. The van der Waals surface area contributed by atoms with Crippen molar-refractivity contribution < 1.29 is 19.1 Å². The third-order valence-electron chi connectivity index (χ3n) is 4.69. The van der Waals surface area contributed by atoms with E-state index >= 15 is 0 Å². The maximum Gasteiger partial charge on any atom is 0.270 e. The molecule has 1 saturated heterocycles. The van der Waals surface area contributed by atoms with Gasteiger partial charge in [-0.1, -0.05) is 41.9 Å². The van der Waals surface area contributed by atoms with Crippen LogP contribution in [0.25, 0.3) is 6.08 Å². The Balaban J connectivity index is 2.06. The van der Waals surface area contributed by atoms with Gasteiger partial charge in [0.1, 0.15) is 5.57 Å². The molecule has 30 heavy (non-hydrogen) atoms. The number of anilines is 1. The second-order valence-electron chi connectivity index (χ2n) is 6.93. The largest absolute Gasteiger partial charge is 0.493 e. The number of rotatable bonds is 5. The molecule has 2 aromatic rings. The fraction of sp³-hybridized carbons (Fsp3) is 0.227. The average molecular weight is 489 g/mol. The van der Waals surface area contributed by atoms with Gasteiger partial charge >= 0.3 is 0 Å². The van der Waals surface area contributed by atoms with E-state index in [1.807, 2.05) is 24.3 Å². The summed E-state index contributed by atoms with van der Waals surface area (Å²) in [7, 11) is 3.01. The lowest BCUT2D eigenvalue weighted by molar-refractivity contribution is -0.122. The Morgan fingerprint density at radius 3 is 2.33 bits per heavy atom. The molecule has 0 saturated carbocycles. The van der Waals surface area contributed by atoms with E-state index in [1.165, 1.54) is 25.2 Å². The molecule has 1 heterocycles. The Morgan fingerprint density at radius 1 is 1.10 bits per heavy atom. The molecule has 1 aliphatic rings. The molecule has 2 aromatic carbocycles. The molecule has 0 bridgehead atoms. The standard InChI is InChI=1S/C22H21BrN2O4S/c1-12(2)13-5-7-16(8-6-13)25-21(27)17(20(26)24-22(25)30)10-14-9-15(23)11-18(28-3)19(14)29-4/h5-12H,1-4H3,(H,24,26,30)/b17-10+. The Morgan fingerprint density at radius 2 is 1.77 bits per heavy atom. The van der Waals surface area contributed by atoms with Gasteiger partial charge in [0.25, 0.3) is 11.8 Å². The van der Waals surface area contributed by atoms with Gasteiger partial charge in [0.05, 0.1) is 19.9 Å². The molecular formula is C22H21BrN2O4S. The lowest BCUT2D eigenvalue weighted by Crippen LogP contribution is -2.54. The van der Waals surface area contributed by atoms with Crippen molar-refractivity contribution in [2.75, 3.05) is 19.1 Å². The number of hydrogen-bond donors (Lipinski definition) is 1. The van der Waals surface area contributed by atoms with Crippen molar-refractivity contribution in [2.45, 2.75) is 19.8 Å². The monoisotopic (exact) mass is 488 g/mol. The molecule has 0 aliphatic carbocycles. The van der Waals surface area contributed by atoms with Gasteiger partial charge < -0.3 is 9.47 Å². The lowest BCUT2D eigenvalue weighted by atomic mass is 10.0. The van der Waals surface area contributed by atoms with E-state index < -0.39 is 11.8 Å². The van der Waals surface area contributed by atoms with Gasteiger partial charge in [-0.3, -0.25) is 19.8 Å². The molecule has 1 aliphatic heterocycles. The molecule has 156 valence electrons. The summed E-state index contributed by atoms with van der Waals surface area (Å²) in [5.74, 6) is 0.161. The van der Waals surface area contributed by atoms with Crippen LogP contribution in [0.4, 0.5) is 5.69 Å². The zero-order chi connectivity index (χ0) is 22.0. The molecule has 1 N–H and O–H groups in total. The van der Waals surface area contributed by atoms with E-state index in [2.05, 4.69) is 35.1 Å². The fourth-order valence-corrected chi connectivity index (χ4v) is 3.86. The lowest BCUT2D eigenvalue weighted by Gasteiger charge is -2.29. The van der Waals surface area contributed by atoms with E-state index in [4.69, 9.17) is 21.7 Å². The van der Waals surface area contributed by atoms with Gasteiger partial charge in [-0.25, -0.2) is 0 Å². The van der Waals surface area contributed by atoms with Crippen LogP contribution in [-0.4, -0.2) is 31.1 Å². The first-order chi connectivity index (χ1) is 14.3. The second-order valence-corrected chi connectivity index (χ2v) is 8.24. The summed E-state index contributed by atoms with van der Waals surface area (Å²) in [6.45, 7) is 4.18. The molecule has 8 heteroatoms. The van der Waals surface area contributed by atoms with Gasteiger partial charge in [-0.15, -0.1) is 0 Å². The molecule has 0 aromatic heterocycles. The van der Waals surface area contributed by atoms with Gasteiger partial charge in [0, 0.05) is 10.0 Å². The molecule has 2 amide bonds. The zero-order valence-corrected chi connectivity index (χ0v) is 19.4. The van der Waals surface area contributed by atoms with Crippen molar-refractivity contribution in [1.82, 2.24) is 5.32 Å². The summed E-state index contributed by atoms with van der Waals surface area (Å²) >= 11 is 8.68. The minimum Gasteiger partial charge on any atom is -0.493 e. The van der Waals surface area contributed by atoms with Gasteiger partial charge in [0.15, 0.2) is 16.6 Å². The molecule has 0 radical (unpaired) electrons. The maximum absolute atomic E-state index is 13.2. The summed E-state index contributed by atoms with van der Waals surface area (Å²) < 4.78 is 11.5. The smallest absolute Gasteiger partial charge is 0.270 e. The van der Waals surface area contributed by atoms with Crippen molar-refractivity contribution in [2.24, 2.45) is 0 Å². The highest BCUT2D eigenvalue weighted by molar-refractivity contribution is 9.10. The first-order valence-electron chi connectivity index (χ1n) is 9.19. The second kappa shape index (κ2) is 8.97. The molecular weight excluding hydrogens is 468 g/mol.